The van der Waals surface area contributed by atoms with Crippen molar-refractivity contribution in [3.8, 4) is 11.5 Å². The molecule has 1 aliphatic rings. The van der Waals surface area contributed by atoms with E-state index < -0.39 is 0 Å². The molecule has 2 aromatic rings. The summed E-state index contributed by atoms with van der Waals surface area (Å²) >= 11 is 0. The molecular formula is C16H16N2O3. The maximum Gasteiger partial charge on any atom is 0.255 e. The molecule has 1 aromatic carbocycles. The number of carbonyl (C=O) groups is 1. The van der Waals surface area contributed by atoms with Gasteiger partial charge in [-0.3, -0.25) is 9.78 Å². The third-order valence-electron chi connectivity index (χ3n) is 3.45. The van der Waals surface area contributed by atoms with Crippen LogP contribution in [0.5, 0.6) is 11.5 Å². The number of ether oxygens (including phenoxy) is 2. The lowest BCUT2D eigenvalue weighted by molar-refractivity contribution is 0.0733. The Morgan fingerprint density at radius 2 is 2.29 bits per heavy atom. The zero-order valence-corrected chi connectivity index (χ0v) is 11.8. The van der Waals surface area contributed by atoms with Crippen molar-refractivity contribution in [2.75, 3.05) is 20.3 Å². The molecule has 0 saturated carbocycles. The number of amides is 1. The molecule has 0 bridgehead atoms. The minimum atomic E-state index is -0.0321. The van der Waals surface area contributed by atoms with Gasteiger partial charge in [-0.05, 0) is 24.3 Å². The van der Waals surface area contributed by atoms with Gasteiger partial charge in [0.2, 0.25) is 0 Å². The number of hydrogen-bond donors (Lipinski definition) is 0. The molecule has 21 heavy (non-hydrogen) atoms. The topological polar surface area (TPSA) is 51.7 Å². The summed E-state index contributed by atoms with van der Waals surface area (Å²) in [6.07, 6.45) is 3.24. The Morgan fingerprint density at radius 1 is 1.38 bits per heavy atom. The van der Waals surface area contributed by atoms with Gasteiger partial charge in [0, 0.05) is 30.6 Å². The van der Waals surface area contributed by atoms with Crippen LogP contribution in [0.2, 0.25) is 0 Å². The van der Waals surface area contributed by atoms with Crippen LogP contribution in [0.1, 0.15) is 15.9 Å². The van der Waals surface area contributed by atoms with E-state index in [9.17, 15) is 4.79 Å². The third kappa shape index (κ3) is 2.81. The summed E-state index contributed by atoms with van der Waals surface area (Å²) in [5, 5.41) is 0. The Morgan fingerprint density at radius 3 is 3.05 bits per heavy atom. The Hall–Kier alpha value is -2.56. The molecule has 108 valence electrons. The lowest BCUT2D eigenvalue weighted by Crippen LogP contribution is -2.32. The van der Waals surface area contributed by atoms with Crippen molar-refractivity contribution in [3.05, 3.63) is 53.9 Å². The number of hydrogen-bond acceptors (Lipinski definition) is 4. The van der Waals surface area contributed by atoms with Crippen molar-refractivity contribution < 1.29 is 14.3 Å². The van der Waals surface area contributed by atoms with Crippen LogP contribution in [0.3, 0.4) is 0 Å². The second-order valence-electron chi connectivity index (χ2n) is 4.79. The van der Waals surface area contributed by atoms with E-state index in [1.165, 1.54) is 0 Å². The van der Waals surface area contributed by atoms with Gasteiger partial charge in [0.25, 0.3) is 5.91 Å². The fourth-order valence-corrected chi connectivity index (χ4v) is 2.32. The smallest absolute Gasteiger partial charge is 0.255 e. The van der Waals surface area contributed by atoms with Crippen LogP contribution in [0, 0.1) is 0 Å². The Bertz CT molecular complexity index is 643. The van der Waals surface area contributed by atoms with Gasteiger partial charge in [0.1, 0.15) is 18.1 Å². The molecule has 0 aliphatic carbocycles. The van der Waals surface area contributed by atoms with Crippen molar-refractivity contribution in [2.45, 2.75) is 6.54 Å². The van der Waals surface area contributed by atoms with Gasteiger partial charge in [0.15, 0.2) is 0 Å². The summed E-state index contributed by atoms with van der Waals surface area (Å²) in [4.78, 5) is 18.3. The molecule has 1 aliphatic heterocycles. The van der Waals surface area contributed by atoms with Crippen molar-refractivity contribution in [1.29, 1.82) is 0 Å². The van der Waals surface area contributed by atoms with E-state index >= 15 is 0 Å². The van der Waals surface area contributed by atoms with E-state index in [0.29, 0.717) is 25.3 Å². The lowest BCUT2D eigenvalue weighted by Gasteiger charge is -2.19. The van der Waals surface area contributed by atoms with Crippen LogP contribution in [-0.2, 0) is 6.54 Å². The van der Waals surface area contributed by atoms with E-state index in [-0.39, 0.29) is 5.91 Å². The highest BCUT2D eigenvalue weighted by molar-refractivity contribution is 5.93. The van der Waals surface area contributed by atoms with Crippen LogP contribution in [0.25, 0.3) is 0 Å². The molecule has 1 aromatic heterocycles. The number of pyridine rings is 1. The summed E-state index contributed by atoms with van der Waals surface area (Å²) in [6, 6.07) is 9.20. The first kappa shape index (κ1) is 13.4. The predicted molar refractivity (Wildman–Crippen MR) is 77.5 cm³/mol. The average molecular weight is 284 g/mol. The maximum absolute atomic E-state index is 12.5. The summed E-state index contributed by atoms with van der Waals surface area (Å²) in [7, 11) is 1.62. The molecule has 5 heteroatoms. The monoisotopic (exact) mass is 284 g/mol. The number of benzene rings is 1. The average Bonchev–Trinajstić information content (AvgIpc) is 2.76. The Labute approximate surface area is 123 Å². The molecular weight excluding hydrogens is 268 g/mol. The second kappa shape index (κ2) is 5.83. The molecule has 0 saturated heterocycles. The molecule has 5 nitrogen and oxygen atoms in total. The quantitative estimate of drug-likeness (QED) is 0.847. The highest BCUT2D eigenvalue weighted by Crippen LogP contribution is 2.28. The number of aromatic nitrogens is 1. The molecule has 0 unspecified atom stereocenters. The number of fused-ring (bicyclic) bond motifs is 1. The lowest BCUT2D eigenvalue weighted by atomic mass is 10.1. The van der Waals surface area contributed by atoms with Crippen molar-refractivity contribution in [1.82, 2.24) is 9.88 Å². The van der Waals surface area contributed by atoms with Crippen molar-refractivity contribution >= 4 is 5.91 Å². The minimum absolute atomic E-state index is 0.0321. The summed E-state index contributed by atoms with van der Waals surface area (Å²) in [5.41, 5.74) is 1.57. The molecule has 0 N–H and O–H groups in total. The minimum Gasteiger partial charge on any atom is -0.497 e. The number of nitrogens with zero attached hydrogens (tertiary/aromatic N) is 2. The zero-order chi connectivity index (χ0) is 14.7. The van der Waals surface area contributed by atoms with Crippen LogP contribution in [0.4, 0.5) is 0 Å². The number of rotatable bonds is 2. The molecule has 1 amide bonds. The molecule has 0 radical (unpaired) electrons. The fourth-order valence-electron chi connectivity index (χ4n) is 2.32. The van der Waals surface area contributed by atoms with Crippen LogP contribution in [-0.4, -0.2) is 36.1 Å². The normalized spacial score (nSPS) is 13.9. The van der Waals surface area contributed by atoms with Gasteiger partial charge in [-0.25, -0.2) is 0 Å². The van der Waals surface area contributed by atoms with E-state index in [2.05, 4.69) is 4.98 Å². The van der Waals surface area contributed by atoms with Crippen LogP contribution < -0.4 is 9.47 Å². The largest absolute Gasteiger partial charge is 0.497 e. The first-order valence-electron chi connectivity index (χ1n) is 6.77. The van der Waals surface area contributed by atoms with E-state index in [0.717, 1.165) is 17.1 Å². The number of carbonyl (C=O) groups excluding carboxylic acids is 1. The fraction of sp³-hybridized carbons (Fsp3) is 0.250. The van der Waals surface area contributed by atoms with Gasteiger partial charge < -0.3 is 14.4 Å². The van der Waals surface area contributed by atoms with E-state index in [1.807, 2.05) is 18.2 Å². The Balaban J connectivity index is 1.84. The van der Waals surface area contributed by atoms with Crippen LogP contribution >= 0.6 is 0 Å². The van der Waals surface area contributed by atoms with E-state index in [4.69, 9.17) is 9.47 Å². The summed E-state index contributed by atoms with van der Waals surface area (Å²) < 4.78 is 10.9. The molecule has 0 spiro atoms. The molecule has 2 heterocycles. The van der Waals surface area contributed by atoms with E-state index in [1.54, 1.807) is 36.5 Å². The Kier molecular flexibility index (Phi) is 3.73. The first-order valence-corrected chi connectivity index (χ1v) is 6.77. The third-order valence-corrected chi connectivity index (χ3v) is 3.45. The molecule has 3 rings (SSSR count). The van der Waals surface area contributed by atoms with Gasteiger partial charge in [-0.2, -0.15) is 0 Å². The van der Waals surface area contributed by atoms with Gasteiger partial charge in [-0.15, -0.1) is 0 Å². The molecule has 0 fully saturated rings. The van der Waals surface area contributed by atoms with Gasteiger partial charge in [-0.1, -0.05) is 0 Å². The van der Waals surface area contributed by atoms with Gasteiger partial charge in [0.05, 0.1) is 19.2 Å². The standard InChI is InChI=1S/C16H16N2O3/c1-20-14-5-4-13-11-18(7-8-21-15(13)9-14)16(19)12-3-2-6-17-10-12/h2-6,9-10H,7-8,11H2,1H3. The van der Waals surface area contributed by atoms with Crippen molar-refractivity contribution in [3.63, 3.8) is 0 Å². The van der Waals surface area contributed by atoms with Crippen LogP contribution in [0.15, 0.2) is 42.7 Å². The zero-order valence-electron chi connectivity index (χ0n) is 11.8. The number of methoxy groups -OCH3 is 1. The maximum atomic E-state index is 12.5. The summed E-state index contributed by atoms with van der Waals surface area (Å²) in [6.45, 7) is 1.53. The second-order valence-corrected chi connectivity index (χ2v) is 4.79. The SMILES string of the molecule is COc1ccc2c(c1)OCCN(C(=O)c1cccnc1)C2. The van der Waals surface area contributed by atoms with Crippen molar-refractivity contribution in [2.24, 2.45) is 0 Å². The highest BCUT2D eigenvalue weighted by Gasteiger charge is 2.21. The molecule has 0 atom stereocenters. The highest BCUT2D eigenvalue weighted by atomic mass is 16.5. The van der Waals surface area contributed by atoms with Gasteiger partial charge >= 0.3 is 0 Å². The predicted octanol–water partition coefficient (Wildman–Crippen LogP) is 2.12. The first-order chi connectivity index (χ1) is 10.3. The summed E-state index contributed by atoms with van der Waals surface area (Å²) in [5.74, 6) is 1.49.